The van der Waals surface area contributed by atoms with Crippen molar-refractivity contribution in [1.29, 1.82) is 0 Å². The van der Waals surface area contributed by atoms with Gasteiger partial charge in [-0.1, -0.05) is 37.3 Å². The molecule has 1 aliphatic heterocycles. The third-order valence-corrected chi connectivity index (χ3v) is 3.38. The Morgan fingerprint density at radius 1 is 1.44 bits per heavy atom. The SMILES string of the molecule is CC[C@H]1[C@@H](C(=O)O)OCCN1Cc1ccccc1. The second-order valence-corrected chi connectivity index (χ2v) is 4.56. The number of morpholine rings is 1. The predicted molar refractivity (Wildman–Crippen MR) is 68.3 cm³/mol. The fourth-order valence-corrected chi connectivity index (χ4v) is 2.49. The molecule has 0 bridgehead atoms. The number of benzene rings is 1. The Hall–Kier alpha value is -1.39. The average molecular weight is 249 g/mol. The number of rotatable bonds is 4. The van der Waals surface area contributed by atoms with Gasteiger partial charge in [-0.05, 0) is 12.0 Å². The molecule has 2 atom stereocenters. The van der Waals surface area contributed by atoms with Crippen molar-refractivity contribution in [2.24, 2.45) is 0 Å². The van der Waals surface area contributed by atoms with Crippen LogP contribution in [0.1, 0.15) is 18.9 Å². The van der Waals surface area contributed by atoms with Gasteiger partial charge in [-0.3, -0.25) is 4.90 Å². The lowest BCUT2D eigenvalue weighted by Gasteiger charge is -2.39. The van der Waals surface area contributed by atoms with E-state index in [9.17, 15) is 9.90 Å². The first-order valence-corrected chi connectivity index (χ1v) is 6.34. The molecular formula is C14H19NO3. The van der Waals surface area contributed by atoms with Gasteiger partial charge in [0.1, 0.15) is 0 Å². The van der Waals surface area contributed by atoms with E-state index >= 15 is 0 Å². The molecule has 18 heavy (non-hydrogen) atoms. The number of hydrogen-bond donors (Lipinski definition) is 1. The van der Waals surface area contributed by atoms with Crippen LogP contribution in [0.4, 0.5) is 0 Å². The van der Waals surface area contributed by atoms with Gasteiger partial charge in [-0.2, -0.15) is 0 Å². The van der Waals surface area contributed by atoms with Crippen LogP contribution in [0.15, 0.2) is 30.3 Å². The van der Waals surface area contributed by atoms with Crippen molar-refractivity contribution in [2.75, 3.05) is 13.2 Å². The lowest BCUT2D eigenvalue weighted by Crippen LogP contribution is -2.53. The van der Waals surface area contributed by atoms with Crippen molar-refractivity contribution >= 4 is 5.97 Å². The fourth-order valence-electron chi connectivity index (χ4n) is 2.49. The first-order chi connectivity index (χ1) is 8.72. The van der Waals surface area contributed by atoms with Crippen molar-refractivity contribution in [3.63, 3.8) is 0 Å². The summed E-state index contributed by atoms with van der Waals surface area (Å²) in [5.74, 6) is -0.861. The standard InChI is InChI=1S/C14H19NO3/c1-2-12-13(14(16)17)18-9-8-15(12)10-11-6-4-3-5-7-11/h3-7,12-13H,2,8-10H2,1H3,(H,16,17)/t12-,13-/m0/s1. The number of carboxylic acid groups (broad SMARTS) is 1. The normalized spacial score (nSPS) is 24.9. The molecule has 1 aliphatic rings. The fraction of sp³-hybridized carbons (Fsp3) is 0.500. The van der Waals surface area contributed by atoms with Crippen molar-refractivity contribution in [2.45, 2.75) is 32.0 Å². The van der Waals surface area contributed by atoms with E-state index in [4.69, 9.17) is 4.74 Å². The van der Waals surface area contributed by atoms with Crippen LogP contribution in [0.5, 0.6) is 0 Å². The highest BCUT2D eigenvalue weighted by Crippen LogP contribution is 2.20. The lowest BCUT2D eigenvalue weighted by molar-refractivity contribution is -0.163. The Morgan fingerprint density at radius 3 is 2.78 bits per heavy atom. The van der Waals surface area contributed by atoms with Gasteiger partial charge in [0, 0.05) is 19.1 Å². The maximum Gasteiger partial charge on any atom is 0.334 e. The Bertz CT molecular complexity index is 393. The van der Waals surface area contributed by atoms with Crippen molar-refractivity contribution in [1.82, 2.24) is 4.90 Å². The van der Waals surface area contributed by atoms with Crippen LogP contribution >= 0.6 is 0 Å². The summed E-state index contributed by atoms with van der Waals surface area (Å²) in [6.45, 7) is 4.07. The minimum Gasteiger partial charge on any atom is -0.479 e. The molecule has 0 spiro atoms. The molecule has 0 amide bonds. The number of carboxylic acids is 1. The molecule has 1 fully saturated rings. The molecule has 0 aromatic heterocycles. The summed E-state index contributed by atoms with van der Waals surface area (Å²) in [5.41, 5.74) is 1.21. The zero-order valence-electron chi connectivity index (χ0n) is 10.6. The maximum atomic E-state index is 11.2. The Labute approximate surface area is 107 Å². The number of ether oxygens (including phenoxy) is 1. The smallest absolute Gasteiger partial charge is 0.334 e. The summed E-state index contributed by atoms with van der Waals surface area (Å²) >= 11 is 0. The van der Waals surface area contributed by atoms with Crippen LogP contribution in [-0.2, 0) is 16.1 Å². The highest BCUT2D eigenvalue weighted by atomic mass is 16.5. The molecular weight excluding hydrogens is 230 g/mol. The summed E-state index contributed by atoms with van der Waals surface area (Å²) in [7, 11) is 0. The summed E-state index contributed by atoms with van der Waals surface area (Å²) in [5, 5.41) is 9.17. The van der Waals surface area contributed by atoms with Crippen LogP contribution < -0.4 is 0 Å². The molecule has 1 aromatic rings. The highest BCUT2D eigenvalue weighted by Gasteiger charge is 2.35. The van der Waals surface area contributed by atoms with Crippen LogP contribution in [-0.4, -0.2) is 41.3 Å². The van der Waals surface area contributed by atoms with E-state index in [0.717, 1.165) is 19.5 Å². The lowest BCUT2D eigenvalue weighted by atomic mass is 10.0. The van der Waals surface area contributed by atoms with E-state index in [2.05, 4.69) is 17.0 Å². The van der Waals surface area contributed by atoms with Crippen LogP contribution in [0, 0.1) is 0 Å². The second-order valence-electron chi connectivity index (χ2n) is 4.56. The van der Waals surface area contributed by atoms with Gasteiger partial charge >= 0.3 is 5.97 Å². The zero-order chi connectivity index (χ0) is 13.0. The number of hydrogen-bond acceptors (Lipinski definition) is 3. The van der Waals surface area contributed by atoms with E-state index < -0.39 is 12.1 Å². The maximum absolute atomic E-state index is 11.2. The molecule has 4 heteroatoms. The van der Waals surface area contributed by atoms with E-state index in [1.807, 2.05) is 25.1 Å². The molecule has 1 heterocycles. The first kappa shape index (κ1) is 13.1. The molecule has 0 saturated carbocycles. The van der Waals surface area contributed by atoms with Crippen LogP contribution in [0.25, 0.3) is 0 Å². The van der Waals surface area contributed by atoms with Crippen molar-refractivity contribution in [3.05, 3.63) is 35.9 Å². The molecule has 1 N–H and O–H groups in total. The van der Waals surface area contributed by atoms with Crippen molar-refractivity contribution in [3.8, 4) is 0 Å². The van der Waals surface area contributed by atoms with Crippen molar-refractivity contribution < 1.29 is 14.6 Å². The second kappa shape index (κ2) is 5.98. The van der Waals surface area contributed by atoms with E-state index in [0.29, 0.717) is 6.61 Å². The third-order valence-electron chi connectivity index (χ3n) is 3.38. The summed E-state index contributed by atoms with van der Waals surface area (Å²) in [6, 6.07) is 10.1. The third kappa shape index (κ3) is 2.89. The Kier molecular flexibility index (Phi) is 4.33. The first-order valence-electron chi connectivity index (χ1n) is 6.34. The van der Waals surface area contributed by atoms with E-state index in [1.165, 1.54) is 5.56 Å². The predicted octanol–water partition coefficient (Wildman–Crippen LogP) is 1.75. The van der Waals surface area contributed by atoms with Crippen LogP contribution in [0.2, 0.25) is 0 Å². The van der Waals surface area contributed by atoms with Crippen LogP contribution in [0.3, 0.4) is 0 Å². The molecule has 1 saturated heterocycles. The molecule has 4 nitrogen and oxygen atoms in total. The molecule has 1 aromatic carbocycles. The topological polar surface area (TPSA) is 49.8 Å². The van der Waals surface area contributed by atoms with E-state index in [-0.39, 0.29) is 6.04 Å². The molecule has 98 valence electrons. The van der Waals surface area contributed by atoms with Gasteiger partial charge in [0.25, 0.3) is 0 Å². The van der Waals surface area contributed by atoms with Gasteiger partial charge in [0.2, 0.25) is 0 Å². The zero-order valence-corrected chi connectivity index (χ0v) is 10.6. The molecule has 0 radical (unpaired) electrons. The largest absolute Gasteiger partial charge is 0.479 e. The summed E-state index contributed by atoms with van der Waals surface area (Å²) < 4.78 is 5.37. The Balaban J connectivity index is 2.08. The Morgan fingerprint density at radius 2 is 2.17 bits per heavy atom. The van der Waals surface area contributed by atoms with Gasteiger partial charge in [-0.15, -0.1) is 0 Å². The molecule has 0 aliphatic carbocycles. The number of carbonyl (C=O) groups is 1. The average Bonchev–Trinajstić information content (AvgIpc) is 2.39. The number of aliphatic carboxylic acids is 1. The number of nitrogens with zero attached hydrogens (tertiary/aromatic N) is 1. The minimum absolute atomic E-state index is 0.0449. The summed E-state index contributed by atoms with van der Waals surface area (Å²) in [6.07, 6.45) is 0.0801. The van der Waals surface area contributed by atoms with E-state index in [1.54, 1.807) is 0 Å². The molecule has 0 unspecified atom stereocenters. The molecule has 2 rings (SSSR count). The van der Waals surface area contributed by atoms with Gasteiger partial charge in [0.05, 0.1) is 6.61 Å². The minimum atomic E-state index is -0.861. The van der Waals surface area contributed by atoms with Gasteiger partial charge in [0.15, 0.2) is 6.10 Å². The van der Waals surface area contributed by atoms with Gasteiger partial charge < -0.3 is 9.84 Å². The quantitative estimate of drug-likeness (QED) is 0.883. The monoisotopic (exact) mass is 249 g/mol. The van der Waals surface area contributed by atoms with Gasteiger partial charge in [-0.25, -0.2) is 4.79 Å². The summed E-state index contributed by atoms with van der Waals surface area (Å²) in [4.78, 5) is 13.4. The highest BCUT2D eigenvalue weighted by molar-refractivity contribution is 5.73.